The Morgan fingerprint density at radius 3 is 3.18 bits per heavy atom. The van der Waals surface area contributed by atoms with Crippen molar-refractivity contribution in [2.24, 2.45) is 0 Å². The van der Waals surface area contributed by atoms with Crippen LogP contribution in [0.5, 0.6) is 5.75 Å². The van der Waals surface area contributed by atoms with Crippen LogP contribution < -0.4 is 4.74 Å². The highest BCUT2D eigenvalue weighted by molar-refractivity contribution is 5.17. The molecule has 2 aromatic heterocycles. The molecular formula is C17H20N2O3. The van der Waals surface area contributed by atoms with Gasteiger partial charge in [0.25, 0.3) is 0 Å². The van der Waals surface area contributed by atoms with Crippen molar-refractivity contribution in [3.63, 3.8) is 0 Å². The van der Waals surface area contributed by atoms with Gasteiger partial charge in [-0.2, -0.15) is 0 Å². The Morgan fingerprint density at radius 1 is 1.36 bits per heavy atom. The molecule has 0 aliphatic carbocycles. The average Bonchev–Trinajstić information content (AvgIpc) is 3.18. The lowest BCUT2D eigenvalue weighted by atomic mass is 10.0. The van der Waals surface area contributed by atoms with Gasteiger partial charge in [0.05, 0.1) is 18.7 Å². The summed E-state index contributed by atoms with van der Waals surface area (Å²) in [6.07, 6.45) is 9.53. The molecule has 4 heterocycles. The van der Waals surface area contributed by atoms with Crippen LogP contribution in [0.25, 0.3) is 0 Å². The number of rotatable bonds is 4. The second-order valence-corrected chi connectivity index (χ2v) is 5.95. The summed E-state index contributed by atoms with van der Waals surface area (Å²) < 4.78 is 17.4. The van der Waals surface area contributed by atoms with Crippen molar-refractivity contribution >= 4 is 0 Å². The van der Waals surface area contributed by atoms with Crippen LogP contribution in [0, 0.1) is 0 Å². The fraction of sp³-hybridized carbons (Fsp3) is 0.471. The van der Waals surface area contributed by atoms with E-state index in [1.54, 1.807) is 18.7 Å². The van der Waals surface area contributed by atoms with Crippen molar-refractivity contribution in [2.45, 2.75) is 37.6 Å². The van der Waals surface area contributed by atoms with Crippen molar-refractivity contribution in [1.82, 2.24) is 9.88 Å². The van der Waals surface area contributed by atoms with Crippen LogP contribution in [0.1, 0.15) is 18.4 Å². The molecule has 2 fully saturated rings. The number of pyridine rings is 1. The van der Waals surface area contributed by atoms with Crippen molar-refractivity contribution in [2.75, 3.05) is 13.2 Å². The zero-order valence-corrected chi connectivity index (χ0v) is 12.4. The van der Waals surface area contributed by atoms with E-state index >= 15 is 0 Å². The summed E-state index contributed by atoms with van der Waals surface area (Å²) in [5.41, 5.74) is 1.20. The van der Waals surface area contributed by atoms with Crippen molar-refractivity contribution in [3.05, 3.63) is 48.7 Å². The fourth-order valence-electron chi connectivity index (χ4n) is 3.50. The number of fused-ring (bicyclic) bond motifs is 1. The van der Waals surface area contributed by atoms with Crippen molar-refractivity contribution < 1.29 is 13.9 Å². The highest BCUT2D eigenvalue weighted by Crippen LogP contribution is 2.32. The maximum Gasteiger partial charge on any atom is 0.139 e. The van der Waals surface area contributed by atoms with Crippen LogP contribution in [0.15, 0.2) is 47.5 Å². The number of hydrogen-bond acceptors (Lipinski definition) is 5. The minimum Gasteiger partial charge on any atom is -0.485 e. The predicted molar refractivity (Wildman–Crippen MR) is 80.5 cm³/mol. The molecule has 0 amide bonds. The third kappa shape index (κ3) is 2.74. The van der Waals surface area contributed by atoms with E-state index in [9.17, 15) is 0 Å². The van der Waals surface area contributed by atoms with E-state index in [0.29, 0.717) is 6.04 Å². The molecule has 0 spiro atoms. The first-order chi connectivity index (χ1) is 10.9. The van der Waals surface area contributed by atoms with Gasteiger partial charge < -0.3 is 13.9 Å². The molecule has 0 unspecified atom stereocenters. The third-order valence-electron chi connectivity index (χ3n) is 4.47. The van der Waals surface area contributed by atoms with Crippen LogP contribution in [-0.2, 0) is 11.3 Å². The maximum atomic E-state index is 6.14. The molecule has 0 radical (unpaired) electrons. The van der Waals surface area contributed by atoms with Gasteiger partial charge in [0, 0.05) is 37.5 Å². The van der Waals surface area contributed by atoms with Crippen LogP contribution >= 0.6 is 0 Å². The molecule has 5 heteroatoms. The largest absolute Gasteiger partial charge is 0.485 e. The van der Waals surface area contributed by atoms with Gasteiger partial charge in [-0.05, 0) is 31.0 Å². The Bertz CT molecular complexity index is 587. The number of nitrogens with zero attached hydrogens (tertiary/aromatic N) is 2. The van der Waals surface area contributed by atoms with Crippen molar-refractivity contribution in [3.8, 4) is 5.75 Å². The number of aromatic nitrogens is 1. The van der Waals surface area contributed by atoms with Gasteiger partial charge in [0.15, 0.2) is 0 Å². The van der Waals surface area contributed by atoms with E-state index in [1.165, 1.54) is 5.56 Å². The lowest BCUT2D eigenvalue weighted by Crippen LogP contribution is -2.42. The Labute approximate surface area is 129 Å². The van der Waals surface area contributed by atoms with E-state index in [1.807, 2.05) is 24.5 Å². The molecule has 5 nitrogen and oxygen atoms in total. The van der Waals surface area contributed by atoms with E-state index < -0.39 is 0 Å². The molecule has 0 saturated carbocycles. The van der Waals surface area contributed by atoms with Gasteiger partial charge >= 0.3 is 0 Å². The lowest BCUT2D eigenvalue weighted by molar-refractivity contribution is -0.0472. The highest BCUT2D eigenvalue weighted by Gasteiger charge is 2.45. The van der Waals surface area contributed by atoms with Crippen LogP contribution in [0.4, 0.5) is 0 Å². The molecule has 0 N–H and O–H groups in total. The second kappa shape index (κ2) is 6.10. The smallest absolute Gasteiger partial charge is 0.139 e. The molecule has 2 saturated heterocycles. The summed E-state index contributed by atoms with van der Waals surface area (Å²) in [5, 5.41) is 0. The third-order valence-corrected chi connectivity index (χ3v) is 4.47. The fourth-order valence-corrected chi connectivity index (χ4v) is 3.50. The molecule has 116 valence electrons. The summed E-state index contributed by atoms with van der Waals surface area (Å²) in [5.74, 6) is 0.811. The van der Waals surface area contributed by atoms with Crippen LogP contribution in [0.2, 0.25) is 0 Å². The minimum absolute atomic E-state index is 0.0569. The summed E-state index contributed by atoms with van der Waals surface area (Å²) in [7, 11) is 0. The standard InChI is InChI=1S/C17H20N2O3/c1-3-14(9-18-6-1)22-16-11-19(10-13-5-8-20-12-13)15-4-2-7-21-17(15)16/h1,3,5-6,8-9,12,15-17H,2,4,7,10-11H2/t15-,16-,17-/m0/s1. The zero-order valence-electron chi connectivity index (χ0n) is 12.4. The number of furan rings is 1. The van der Waals surface area contributed by atoms with E-state index in [-0.39, 0.29) is 12.2 Å². The number of likely N-dealkylation sites (tertiary alicyclic amines) is 1. The zero-order chi connectivity index (χ0) is 14.8. The Morgan fingerprint density at radius 2 is 2.36 bits per heavy atom. The summed E-state index contributed by atoms with van der Waals surface area (Å²) in [6.45, 7) is 2.58. The molecular weight excluding hydrogens is 280 g/mol. The summed E-state index contributed by atoms with van der Waals surface area (Å²) in [6, 6.07) is 6.29. The van der Waals surface area contributed by atoms with Gasteiger partial charge in [-0.1, -0.05) is 0 Å². The van der Waals surface area contributed by atoms with E-state index in [2.05, 4.69) is 9.88 Å². The molecule has 2 aromatic rings. The molecule has 4 rings (SSSR count). The van der Waals surface area contributed by atoms with Crippen LogP contribution in [0.3, 0.4) is 0 Å². The molecule has 0 aromatic carbocycles. The van der Waals surface area contributed by atoms with Gasteiger partial charge in [0.1, 0.15) is 18.0 Å². The normalized spacial score (nSPS) is 28.5. The Hall–Kier alpha value is -1.85. The molecule has 3 atom stereocenters. The van der Waals surface area contributed by atoms with Crippen molar-refractivity contribution in [1.29, 1.82) is 0 Å². The molecule has 2 aliphatic rings. The topological polar surface area (TPSA) is 47.7 Å². The first-order valence-electron chi connectivity index (χ1n) is 7.83. The summed E-state index contributed by atoms with van der Waals surface area (Å²) >= 11 is 0. The lowest BCUT2D eigenvalue weighted by Gasteiger charge is -2.32. The van der Waals surface area contributed by atoms with Gasteiger partial charge in [-0.25, -0.2) is 0 Å². The first-order valence-corrected chi connectivity index (χ1v) is 7.83. The van der Waals surface area contributed by atoms with Gasteiger partial charge in [0.2, 0.25) is 0 Å². The molecule has 22 heavy (non-hydrogen) atoms. The number of ether oxygens (including phenoxy) is 2. The van der Waals surface area contributed by atoms with E-state index in [4.69, 9.17) is 13.9 Å². The summed E-state index contributed by atoms with van der Waals surface area (Å²) in [4.78, 5) is 6.57. The SMILES string of the molecule is c1cncc(O[C@H]2CN(Cc3ccoc3)[C@H]3CCCO[C@H]23)c1. The molecule has 0 bridgehead atoms. The Balaban J connectivity index is 1.50. The van der Waals surface area contributed by atoms with Gasteiger partial charge in [-0.3, -0.25) is 9.88 Å². The van der Waals surface area contributed by atoms with E-state index in [0.717, 1.165) is 38.3 Å². The number of hydrogen-bond donors (Lipinski definition) is 0. The highest BCUT2D eigenvalue weighted by atomic mass is 16.5. The Kier molecular flexibility index (Phi) is 3.83. The predicted octanol–water partition coefficient (Wildman–Crippen LogP) is 2.49. The molecule has 2 aliphatic heterocycles. The van der Waals surface area contributed by atoms with Crippen LogP contribution in [-0.4, -0.2) is 41.3 Å². The maximum absolute atomic E-state index is 6.14. The van der Waals surface area contributed by atoms with Gasteiger partial charge in [-0.15, -0.1) is 0 Å². The quantitative estimate of drug-likeness (QED) is 0.868. The first kappa shape index (κ1) is 13.8. The monoisotopic (exact) mass is 300 g/mol. The minimum atomic E-state index is 0.0569. The average molecular weight is 300 g/mol. The second-order valence-electron chi connectivity index (χ2n) is 5.95.